The molecule has 0 bridgehead atoms. The molecule has 0 aliphatic heterocycles. The quantitative estimate of drug-likeness (QED) is 0.223. The number of ether oxygens (including phenoxy) is 2. The van der Waals surface area contributed by atoms with Crippen LogP contribution in [-0.2, 0) is 35.3 Å². The lowest BCUT2D eigenvalue weighted by Gasteiger charge is -2.39. The molecular weight excluding hydrogens is 444 g/mol. The van der Waals surface area contributed by atoms with E-state index in [1.54, 1.807) is 6.92 Å². The van der Waals surface area contributed by atoms with Crippen molar-refractivity contribution >= 4 is 20.3 Å². The van der Waals surface area contributed by atoms with E-state index < -0.39 is 13.7 Å². The molecule has 1 unspecified atom stereocenters. The highest BCUT2D eigenvalue weighted by molar-refractivity contribution is 6.74. The van der Waals surface area contributed by atoms with Gasteiger partial charge in [-0.15, -0.1) is 0 Å². The van der Waals surface area contributed by atoms with E-state index in [2.05, 4.69) is 47.7 Å². The maximum absolute atomic E-state index is 13.0. The largest absolute Gasteiger partial charge is 0.466 e. The Balaban J connectivity index is 2.90. The summed E-state index contributed by atoms with van der Waals surface area (Å²) in [5.41, 5.74) is 1.06. The van der Waals surface area contributed by atoms with Crippen molar-refractivity contribution in [1.29, 1.82) is 0 Å². The minimum absolute atomic E-state index is 0.0224. The van der Waals surface area contributed by atoms with E-state index in [9.17, 15) is 9.59 Å². The number of benzene rings is 1. The zero-order chi connectivity index (χ0) is 26.2. The number of esters is 2. The molecule has 0 heterocycles. The zero-order valence-corrected chi connectivity index (χ0v) is 24.3. The van der Waals surface area contributed by atoms with Crippen LogP contribution >= 0.6 is 0 Å². The summed E-state index contributed by atoms with van der Waals surface area (Å²) in [6.45, 7) is 22.9. The number of hydrogen-bond donors (Lipinski definition) is 0. The summed E-state index contributed by atoms with van der Waals surface area (Å²) in [5.74, 6) is -0.450. The normalized spacial score (nSPS) is 14.4. The third-order valence-electron chi connectivity index (χ3n) is 7.13. The molecule has 0 fully saturated rings. The molecule has 0 aromatic heterocycles. The molecule has 6 heteroatoms. The van der Waals surface area contributed by atoms with Crippen LogP contribution in [0.25, 0.3) is 0 Å². The van der Waals surface area contributed by atoms with Crippen molar-refractivity contribution < 1.29 is 23.5 Å². The van der Waals surface area contributed by atoms with Gasteiger partial charge in [0.05, 0.1) is 25.0 Å². The van der Waals surface area contributed by atoms with Gasteiger partial charge in [0, 0.05) is 6.61 Å². The molecule has 0 spiro atoms. The van der Waals surface area contributed by atoms with E-state index in [0.717, 1.165) is 30.6 Å². The monoisotopic (exact) mass is 492 g/mol. The Morgan fingerprint density at radius 3 is 1.91 bits per heavy atom. The van der Waals surface area contributed by atoms with Crippen molar-refractivity contribution in [3.05, 3.63) is 35.4 Å². The fraction of sp³-hybridized carbons (Fsp3) is 0.714. The van der Waals surface area contributed by atoms with Gasteiger partial charge in [0.25, 0.3) is 0 Å². The Kier molecular flexibility index (Phi) is 11.0. The Labute approximate surface area is 209 Å². The summed E-state index contributed by atoms with van der Waals surface area (Å²) in [6.07, 6.45) is 2.75. The van der Waals surface area contributed by atoms with Crippen LogP contribution in [0.1, 0.15) is 85.8 Å². The molecule has 1 aromatic carbocycles. The molecule has 0 aliphatic rings. The van der Waals surface area contributed by atoms with Gasteiger partial charge in [-0.1, -0.05) is 65.3 Å². The van der Waals surface area contributed by atoms with Crippen molar-refractivity contribution in [2.24, 2.45) is 5.41 Å². The molecule has 194 valence electrons. The number of carbonyl (C=O) groups excluding carboxylic acids is 2. The Bertz CT molecular complexity index is 792. The third kappa shape index (κ3) is 8.84. The SMILES string of the molecule is CCOC(=O)Cc1ccc(C(C)(CCCC(C)(C)CO[Si](C)(C)C(C)(C)C)C(=O)OCC)cc1. The first-order valence-corrected chi connectivity index (χ1v) is 15.5. The Morgan fingerprint density at radius 1 is 0.853 bits per heavy atom. The Hall–Kier alpha value is -1.66. The summed E-state index contributed by atoms with van der Waals surface area (Å²) in [5, 5.41) is 0.186. The number of rotatable bonds is 13. The maximum atomic E-state index is 13.0. The van der Waals surface area contributed by atoms with Crippen LogP contribution in [0.2, 0.25) is 18.1 Å². The number of hydrogen-bond acceptors (Lipinski definition) is 5. The minimum atomic E-state index is -1.80. The fourth-order valence-corrected chi connectivity index (χ4v) is 4.79. The average Bonchev–Trinajstić information content (AvgIpc) is 2.72. The molecule has 1 atom stereocenters. The highest BCUT2D eigenvalue weighted by Gasteiger charge is 2.39. The van der Waals surface area contributed by atoms with E-state index in [1.165, 1.54) is 0 Å². The van der Waals surface area contributed by atoms with Gasteiger partial charge in [-0.2, -0.15) is 0 Å². The van der Waals surface area contributed by atoms with Gasteiger partial charge in [-0.05, 0) is 68.3 Å². The predicted octanol–water partition coefficient (Wildman–Crippen LogP) is 6.83. The van der Waals surface area contributed by atoms with Crippen LogP contribution in [0.3, 0.4) is 0 Å². The zero-order valence-electron chi connectivity index (χ0n) is 23.3. The first kappa shape index (κ1) is 30.4. The highest BCUT2D eigenvalue weighted by atomic mass is 28.4. The second-order valence-electron chi connectivity index (χ2n) is 11.8. The van der Waals surface area contributed by atoms with Crippen LogP contribution in [-0.4, -0.2) is 40.1 Å². The highest BCUT2D eigenvalue weighted by Crippen LogP contribution is 2.39. The van der Waals surface area contributed by atoms with E-state index >= 15 is 0 Å². The van der Waals surface area contributed by atoms with Gasteiger partial charge >= 0.3 is 11.9 Å². The van der Waals surface area contributed by atoms with Crippen LogP contribution in [0.15, 0.2) is 24.3 Å². The fourth-order valence-electron chi connectivity index (χ4n) is 3.61. The van der Waals surface area contributed by atoms with Crippen LogP contribution in [0, 0.1) is 5.41 Å². The first-order chi connectivity index (χ1) is 15.6. The lowest BCUT2D eigenvalue weighted by atomic mass is 9.76. The third-order valence-corrected chi connectivity index (χ3v) is 11.6. The topological polar surface area (TPSA) is 61.8 Å². The van der Waals surface area contributed by atoms with Gasteiger partial charge in [-0.3, -0.25) is 9.59 Å². The molecule has 1 aromatic rings. The van der Waals surface area contributed by atoms with Crippen molar-refractivity contribution in [1.82, 2.24) is 0 Å². The molecule has 1 rings (SSSR count). The Morgan fingerprint density at radius 2 is 1.41 bits per heavy atom. The van der Waals surface area contributed by atoms with Gasteiger partial charge < -0.3 is 13.9 Å². The minimum Gasteiger partial charge on any atom is -0.466 e. The van der Waals surface area contributed by atoms with E-state index in [0.29, 0.717) is 19.6 Å². The standard InChI is InChI=1S/C28H48O5Si/c1-11-31-24(29)20-22-14-16-23(17-15-22)28(8,25(30)32-12-2)19-13-18-27(6,7)21-33-34(9,10)26(3,4)5/h14-17H,11-13,18-21H2,1-10H3. The van der Waals surface area contributed by atoms with Crippen LogP contribution < -0.4 is 0 Å². The summed E-state index contributed by atoms with van der Waals surface area (Å²) >= 11 is 0. The van der Waals surface area contributed by atoms with E-state index in [-0.39, 0.29) is 28.8 Å². The van der Waals surface area contributed by atoms with Crippen molar-refractivity contribution in [2.45, 2.75) is 105 Å². The predicted molar refractivity (Wildman–Crippen MR) is 142 cm³/mol. The summed E-state index contributed by atoms with van der Waals surface area (Å²) in [4.78, 5) is 24.8. The molecule has 0 saturated carbocycles. The average molecular weight is 493 g/mol. The molecular formula is C28H48O5Si. The second-order valence-corrected chi connectivity index (χ2v) is 16.6. The molecule has 0 aliphatic carbocycles. The molecule has 0 saturated heterocycles. The van der Waals surface area contributed by atoms with Crippen LogP contribution in [0.4, 0.5) is 0 Å². The lowest BCUT2D eigenvalue weighted by Crippen LogP contribution is -2.43. The van der Waals surface area contributed by atoms with E-state index in [1.807, 2.05) is 38.1 Å². The molecule has 5 nitrogen and oxygen atoms in total. The maximum Gasteiger partial charge on any atom is 0.316 e. The molecule has 0 N–H and O–H groups in total. The van der Waals surface area contributed by atoms with Crippen molar-refractivity contribution in [3.8, 4) is 0 Å². The van der Waals surface area contributed by atoms with Gasteiger partial charge in [0.2, 0.25) is 0 Å². The number of carbonyl (C=O) groups is 2. The molecule has 0 amide bonds. The van der Waals surface area contributed by atoms with Crippen molar-refractivity contribution in [2.75, 3.05) is 19.8 Å². The summed E-state index contributed by atoms with van der Waals surface area (Å²) in [7, 11) is -1.80. The molecule has 0 radical (unpaired) electrons. The summed E-state index contributed by atoms with van der Waals surface area (Å²) < 4.78 is 17.0. The van der Waals surface area contributed by atoms with Gasteiger partial charge in [0.15, 0.2) is 8.32 Å². The second kappa shape index (κ2) is 12.3. The van der Waals surface area contributed by atoms with E-state index in [4.69, 9.17) is 13.9 Å². The smallest absolute Gasteiger partial charge is 0.316 e. The van der Waals surface area contributed by atoms with Crippen molar-refractivity contribution in [3.63, 3.8) is 0 Å². The van der Waals surface area contributed by atoms with Gasteiger partial charge in [-0.25, -0.2) is 0 Å². The van der Waals surface area contributed by atoms with Gasteiger partial charge in [0.1, 0.15) is 0 Å². The van der Waals surface area contributed by atoms with Crippen LogP contribution in [0.5, 0.6) is 0 Å². The lowest BCUT2D eigenvalue weighted by molar-refractivity contribution is -0.150. The first-order valence-electron chi connectivity index (χ1n) is 12.6. The molecule has 34 heavy (non-hydrogen) atoms. The summed E-state index contributed by atoms with van der Waals surface area (Å²) in [6, 6.07) is 7.69.